The van der Waals surface area contributed by atoms with Crippen LogP contribution in [-0.2, 0) is 6.54 Å². The SMILES string of the molecule is NC(=O)c1ccc(CNc2nnc(-c3ccc(Cl)cc3Cl)s2)cc1. The van der Waals surface area contributed by atoms with E-state index >= 15 is 0 Å². The van der Waals surface area contributed by atoms with Crippen LogP contribution in [0.3, 0.4) is 0 Å². The molecule has 0 unspecified atom stereocenters. The molecule has 0 aliphatic rings. The third-order valence-electron chi connectivity index (χ3n) is 3.27. The van der Waals surface area contributed by atoms with Gasteiger partial charge in [0.05, 0.1) is 5.02 Å². The average Bonchev–Trinajstić information content (AvgIpc) is 3.02. The molecule has 5 nitrogen and oxygen atoms in total. The van der Waals surface area contributed by atoms with Crippen molar-refractivity contribution in [2.75, 3.05) is 5.32 Å². The molecule has 1 aromatic heterocycles. The topological polar surface area (TPSA) is 80.9 Å². The molecule has 0 saturated carbocycles. The van der Waals surface area contributed by atoms with Crippen LogP contribution < -0.4 is 11.1 Å². The van der Waals surface area contributed by atoms with E-state index in [1.165, 1.54) is 11.3 Å². The van der Waals surface area contributed by atoms with Gasteiger partial charge in [0.25, 0.3) is 0 Å². The van der Waals surface area contributed by atoms with Gasteiger partial charge in [-0.05, 0) is 35.9 Å². The maximum atomic E-state index is 11.0. The molecule has 24 heavy (non-hydrogen) atoms. The predicted molar refractivity (Wildman–Crippen MR) is 97.7 cm³/mol. The van der Waals surface area contributed by atoms with Gasteiger partial charge in [0.1, 0.15) is 0 Å². The van der Waals surface area contributed by atoms with Gasteiger partial charge in [-0.2, -0.15) is 0 Å². The minimum atomic E-state index is -0.442. The third kappa shape index (κ3) is 3.84. The van der Waals surface area contributed by atoms with Crippen LogP contribution in [0, 0.1) is 0 Å². The van der Waals surface area contributed by atoms with Gasteiger partial charge >= 0.3 is 0 Å². The highest BCUT2D eigenvalue weighted by Crippen LogP contribution is 2.33. The molecule has 0 atom stereocenters. The molecule has 1 amide bonds. The van der Waals surface area contributed by atoms with Gasteiger partial charge in [0, 0.05) is 22.7 Å². The van der Waals surface area contributed by atoms with Crippen LogP contribution >= 0.6 is 34.5 Å². The van der Waals surface area contributed by atoms with E-state index in [2.05, 4.69) is 15.5 Å². The molecule has 0 aliphatic carbocycles. The van der Waals surface area contributed by atoms with E-state index in [0.717, 1.165) is 11.1 Å². The molecule has 0 fully saturated rings. The van der Waals surface area contributed by atoms with Gasteiger partial charge in [0.15, 0.2) is 5.01 Å². The van der Waals surface area contributed by atoms with E-state index in [1.54, 1.807) is 24.3 Å². The first-order valence-corrected chi connectivity index (χ1v) is 8.52. The predicted octanol–water partition coefficient (Wildman–Crippen LogP) is 4.22. The highest BCUT2D eigenvalue weighted by Gasteiger charge is 2.10. The summed E-state index contributed by atoms with van der Waals surface area (Å²) in [6.45, 7) is 0.558. The number of nitrogens with two attached hydrogens (primary N) is 1. The molecule has 0 saturated heterocycles. The van der Waals surface area contributed by atoms with Crippen molar-refractivity contribution in [2.24, 2.45) is 5.73 Å². The number of halogens is 2. The van der Waals surface area contributed by atoms with Gasteiger partial charge in [-0.3, -0.25) is 4.79 Å². The molecule has 3 N–H and O–H groups in total. The van der Waals surface area contributed by atoms with Crippen LogP contribution in [-0.4, -0.2) is 16.1 Å². The zero-order valence-electron chi connectivity index (χ0n) is 12.3. The zero-order chi connectivity index (χ0) is 17.1. The van der Waals surface area contributed by atoms with E-state index in [4.69, 9.17) is 28.9 Å². The van der Waals surface area contributed by atoms with E-state index in [1.807, 2.05) is 18.2 Å². The summed E-state index contributed by atoms with van der Waals surface area (Å²) in [5, 5.41) is 13.9. The quantitative estimate of drug-likeness (QED) is 0.696. The lowest BCUT2D eigenvalue weighted by Crippen LogP contribution is -2.10. The Labute approximate surface area is 152 Å². The second kappa shape index (κ2) is 7.17. The van der Waals surface area contributed by atoms with Crippen molar-refractivity contribution in [3.63, 3.8) is 0 Å². The van der Waals surface area contributed by atoms with Crippen LogP contribution in [0.2, 0.25) is 10.0 Å². The number of primary amides is 1. The monoisotopic (exact) mass is 378 g/mol. The number of hydrogen-bond acceptors (Lipinski definition) is 5. The molecule has 0 bridgehead atoms. The van der Waals surface area contributed by atoms with Crippen LogP contribution in [0.25, 0.3) is 10.6 Å². The fraction of sp³-hybridized carbons (Fsp3) is 0.0625. The van der Waals surface area contributed by atoms with Crippen LogP contribution in [0.1, 0.15) is 15.9 Å². The molecule has 0 spiro atoms. The Morgan fingerprint density at radius 1 is 1.12 bits per heavy atom. The Bertz CT molecular complexity index is 880. The highest BCUT2D eigenvalue weighted by molar-refractivity contribution is 7.18. The molecule has 3 aromatic rings. The first kappa shape index (κ1) is 16.7. The lowest BCUT2D eigenvalue weighted by molar-refractivity contribution is 0.100. The van der Waals surface area contributed by atoms with E-state index in [0.29, 0.717) is 32.3 Å². The zero-order valence-corrected chi connectivity index (χ0v) is 14.6. The van der Waals surface area contributed by atoms with Gasteiger partial charge in [-0.15, -0.1) is 10.2 Å². The first-order chi connectivity index (χ1) is 11.5. The minimum absolute atomic E-state index is 0.442. The standard InChI is InChI=1S/C16H12Cl2N4OS/c17-11-5-6-12(13(18)7-11)15-21-22-16(24-15)20-8-9-1-3-10(4-2-9)14(19)23/h1-7H,8H2,(H2,19,23)(H,20,22). The summed E-state index contributed by atoms with van der Waals surface area (Å²) in [6.07, 6.45) is 0. The van der Waals surface area contributed by atoms with Crippen molar-refractivity contribution >= 4 is 45.6 Å². The Kier molecular flexibility index (Phi) is 4.99. The number of nitrogens with one attached hydrogen (secondary N) is 1. The second-order valence-electron chi connectivity index (χ2n) is 4.95. The maximum absolute atomic E-state index is 11.0. The number of aromatic nitrogens is 2. The van der Waals surface area contributed by atoms with Gasteiger partial charge in [0.2, 0.25) is 11.0 Å². The third-order valence-corrected chi connectivity index (χ3v) is 4.73. The molecule has 1 heterocycles. The van der Waals surface area contributed by atoms with E-state index in [9.17, 15) is 4.79 Å². The number of benzene rings is 2. The molecular formula is C16H12Cl2N4OS. The normalized spacial score (nSPS) is 10.6. The van der Waals surface area contributed by atoms with Crippen molar-refractivity contribution < 1.29 is 4.79 Å². The largest absolute Gasteiger partial charge is 0.366 e. The van der Waals surface area contributed by atoms with Crippen molar-refractivity contribution in [3.8, 4) is 10.6 Å². The molecule has 2 aromatic carbocycles. The number of rotatable bonds is 5. The Morgan fingerprint density at radius 3 is 2.54 bits per heavy atom. The minimum Gasteiger partial charge on any atom is -0.366 e. The number of carbonyl (C=O) groups excluding carboxylic acids is 1. The fourth-order valence-electron chi connectivity index (χ4n) is 2.03. The number of carbonyl (C=O) groups is 1. The van der Waals surface area contributed by atoms with Crippen LogP contribution in [0.5, 0.6) is 0 Å². The van der Waals surface area contributed by atoms with Crippen LogP contribution in [0.15, 0.2) is 42.5 Å². The van der Waals surface area contributed by atoms with E-state index in [-0.39, 0.29) is 0 Å². The summed E-state index contributed by atoms with van der Waals surface area (Å²) in [7, 11) is 0. The Balaban J connectivity index is 1.69. The molecule has 3 rings (SSSR count). The highest BCUT2D eigenvalue weighted by atomic mass is 35.5. The molecular weight excluding hydrogens is 367 g/mol. The fourth-order valence-corrected chi connectivity index (χ4v) is 3.36. The summed E-state index contributed by atoms with van der Waals surface area (Å²) < 4.78 is 0. The van der Waals surface area contributed by atoms with Crippen molar-refractivity contribution in [1.82, 2.24) is 10.2 Å². The number of nitrogens with zero attached hydrogens (tertiary/aromatic N) is 2. The molecule has 122 valence electrons. The molecule has 8 heteroatoms. The van der Waals surface area contributed by atoms with Crippen molar-refractivity contribution in [2.45, 2.75) is 6.54 Å². The van der Waals surface area contributed by atoms with E-state index < -0.39 is 5.91 Å². The maximum Gasteiger partial charge on any atom is 0.248 e. The average molecular weight is 379 g/mol. The summed E-state index contributed by atoms with van der Waals surface area (Å²) in [6, 6.07) is 12.3. The summed E-state index contributed by atoms with van der Waals surface area (Å²) in [5.74, 6) is -0.442. The van der Waals surface area contributed by atoms with Gasteiger partial charge < -0.3 is 11.1 Å². The smallest absolute Gasteiger partial charge is 0.248 e. The van der Waals surface area contributed by atoms with Crippen molar-refractivity contribution in [3.05, 3.63) is 63.6 Å². The number of amides is 1. The summed E-state index contributed by atoms with van der Waals surface area (Å²) in [4.78, 5) is 11.0. The van der Waals surface area contributed by atoms with Crippen molar-refractivity contribution in [1.29, 1.82) is 0 Å². The summed E-state index contributed by atoms with van der Waals surface area (Å²) in [5.41, 5.74) is 7.49. The second-order valence-corrected chi connectivity index (χ2v) is 6.77. The van der Waals surface area contributed by atoms with Crippen LogP contribution in [0.4, 0.5) is 5.13 Å². The van der Waals surface area contributed by atoms with Gasteiger partial charge in [-0.25, -0.2) is 0 Å². The lowest BCUT2D eigenvalue weighted by atomic mass is 10.1. The first-order valence-electron chi connectivity index (χ1n) is 6.94. The van der Waals surface area contributed by atoms with Gasteiger partial charge in [-0.1, -0.05) is 46.7 Å². The summed E-state index contributed by atoms with van der Waals surface area (Å²) >= 11 is 13.5. The molecule has 0 radical (unpaired) electrons. The lowest BCUT2D eigenvalue weighted by Gasteiger charge is -2.03. The Morgan fingerprint density at radius 2 is 1.88 bits per heavy atom. The Hall–Kier alpha value is -2.15. The molecule has 0 aliphatic heterocycles. The number of hydrogen-bond donors (Lipinski definition) is 2. The number of anilines is 1.